The molecule has 1 heterocycles. The van der Waals surface area contributed by atoms with Crippen LogP contribution < -0.4 is 5.32 Å². The molecule has 1 N–H and O–H groups in total. The highest BCUT2D eigenvalue weighted by Crippen LogP contribution is 2.22. The van der Waals surface area contributed by atoms with Gasteiger partial charge in [-0.25, -0.2) is 0 Å². The van der Waals surface area contributed by atoms with E-state index in [0.717, 1.165) is 18.6 Å². The number of rotatable bonds is 6. The van der Waals surface area contributed by atoms with E-state index in [-0.39, 0.29) is 17.7 Å². The van der Waals surface area contributed by atoms with Crippen molar-refractivity contribution in [1.29, 1.82) is 0 Å². The summed E-state index contributed by atoms with van der Waals surface area (Å²) in [5, 5.41) is 2.69. The predicted octanol–water partition coefficient (Wildman–Crippen LogP) is 2.51. The number of nitrogens with zero attached hydrogens (tertiary/aromatic N) is 1. The van der Waals surface area contributed by atoms with Gasteiger partial charge in [-0.05, 0) is 24.3 Å². The largest absolute Gasteiger partial charge is 0.359 e. The van der Waals surface area contributed by atoms with Crippen LogP contribution in [0.25, 0.3) is 0 Å². The number of hydrogen-bond acceptors (Lipinski definition) is 3. The fourth-order valence-corrected chi connectivity index (χ4v) is 3.91. The molecule has 23 heavy (non-hydrogen) atoms. The van der Waals surface area contributed by atoms with Crippen LogP contribution in [0.15, 0.2) is 30.3 Å². The zero-order valence-electron chi connectivity index (χ0n) is 14.0. The van der Waals surface area contributed by atoms with Crippen LogP contribution in [-0.4, -0.2) is 48.4 Å². The van der Waals surface area contributed by atoms with E-state index in [2.05, 4.69) is 36.5 Å². The molecule has 0 spiro atoms. The number of amides is 2. The molecule has 0 radical (unpaired) electrons. The third-order valence-electron chi connectivity index (χ3n) is 4.43. The number of hydrogen-bond donors (Lipinski definition) is 1. The Morgan fingerprint density at radius 3 is 2.52 bits per heavy atom. The van der Waals surface area contributed by atoms with E-state index in [1.54, 1.807) is 18.8 Å². The average Bonchev–Trinajstić information content (AvgIpc) is 2.61. The number of nitrogens with one attached hydrogen (secondary N) is 1. The minimum atomic E-state index is 0.0646. The van der Waals surface area contributed by atoms with Crippen LogP contribution in [0.3, 0.4) is 0 Å². The zero-order chi connectivity index (χ0) is 16.7. The van der Waals surface area contributed by atoms with Gasteiger partial charge >= 0.3 is 0 Å². The van der Waals surface area contributed by atoms with Gasteiger partial charge in [0.1, 0.15) is 0 Å². The lowest BCUT2D eigenvalue weighted by Crippen LogP contribution is -2.43. The molecule has 1 aromatic carbocycles. The molecule has 0 bridgehead atoms. The Morgan fingerprint density at radius 2 is 1.91 bits per heavy atom. The first-order valence-electron chi connectivity index (χ1n) is 8.24. The maximum atomic E-state index is 12.3. The molecule has 0 aromatic heterocycles. The molecular weight excluding hydrogens is 308 g/mol. The highest BCUT2D eigenvalue weighted by molar-refractivity contribution is 7.99. The van der Waals surface area contributed by atoms with Crippen LogP contribution in [0.1, 0.15) is 31.2 Å². The summed E-state index contributed by atoms with van der Waals surface area (Å²) < 4.78 is 0. The van der Waals surface area contributed by atoms with Gasteiger partial charge in [0.05, 0.1) is 5.75 Å². The van der Waals surface area contributed by atoms with Crippen molar-refractivity contribution in [1.82, 2.24) is 10.2 Å². The van der Waals surface area contributed by atoms with E-state index in [9.17, 15) is 9.59 Å². The first-order valence-corrected chi connectivity index (χ1v) is 9.39. The number of likely N-dealkylation sites (tertiary alicyclic amines) is 1. The summed E-state index contributed by atoms with van der Waals surface area (Å²) in [7, 11) is 1.67. The third kappa shape index (κ3) is 5.27. The summed E-state index contributed by atoms with van der Waals surface area (Å²) in [5.41, 5.74) is 1.32. The maximum Gasteiger partial charge on any atom is 0.232 e. The SMILES string of the molecule is CNC(=O)C1CCN(C(=O)CSC[C@@H](C)c2ccccc2)CC1. The molecule has 0 saturated carbocycles. The van der Waals surface area contributed by atoms with Gasteiger partial charge in [0.25, 0.3) is 0 Å². The fraction of sp³-hybridized carbons (Fsp3) is 0.556. The van der Waals surface area contributed by atoms with Crippen LogP contribution >= 0.6 is 11.8 Å². The molecule has 2 amide bonds. The highest BCUT2D eigenvalue weighted by atomic mass is 32.2. The molecule has 2 rings (SSSR count). The van der Waals surface area contributed by atoms with Crippen molar-refractivity contribution in [2.75, 3.05) is 31.6 Å². The summed E-state index contributed by atoms with van der Waals surface area (Å²) in [6, 6.07) is 10.4. The van der Waals surface area contributed by atoms with Crippen LogP contribution in [0.4, 0.5) is 0 Å². The zero-order valence-corrected chi connectivity index (χ0v) is 14.8. The van der Waals surface area contributed by atoms with Crippen LogP contribution in [0, 0.1) is 5.92 Å². The van der Waals surface area contributed by atoms with Gasteiger partial charge in [0.15, 0.2) is 0 Å². The molecule has 0 unspecified atom stereocenters. The highest BCUT2D eigenvalue weighted by Gasteiger charge is 2.26. The molecule has 1 aromatic rings. The quantitative estimate of drug-likeness (QED) is 0.870. The molecule has 126 valence electrons. The van der Waals surface area contributed by atoms with Crippen LogP contribution in [0.5, 0.6) is 0 Å². The Morgan fingerprint density at radius 1 is 1.26 bits per heavy atom. The molecule has 1 atom stereocenters. The first-order chi connectivity index (χ1) is 11.1. The molecule has 0 aliphatic carbocycles. The van der Waals surface area contributed by atoms with Gasteiger partial charge in [-0.3, -0.25) is 9.59 Å². The lowest BCUT2D eigenvalue weighted by Gasteiger charge is -2.31. The molecule has 5 heteroatoms. The van der Waals surface area contributed by atoms with Gasteiger partial charge < -0.3 is 10.2 Å². The molecule has 4 nitrogen and oxygen atoms in total. The van der Waals surface area contributed by atoms with Crippen molar-refractivity contribution in [2.45, 2.75) is 25.7 Å². The van der Waals surface area contributed by atoms with Gasteiger partial charge in [0, 0.05) is 31.8 Å². The van der Waals surface area contributed by atoms with Gasteiger partial charge in [0.2, 0.25) is 11.8 Å². The number of carbonyl (C=O) groups is 2. The second-order valence-electron chi connectivity index (χ2n) is 6.10. The number of benzene rings is 1. The Hall–Kier alpha value is -1.49. The van der Waals surface area contributed by atoms with E-state index < -0.39 is 0 Å². The maximum absolute atomic E-state index is 12.3. The Labute approximate surface area is 143 Å². The molecule has 1 fully saturated rings. The minimum absolute atomic E-state index is 0.0646. The molecule has 1 saturated heterocycles. The van der Waals surface area contributed by atoms with Crippen LogP contribution in [-0.2, 0) is 9.59 Å². The Bertz CT molecular complexity index is 513. The van der Waals surface area contributed by atoms with Crippen molar-refractivity contribution in [3.63, 3.8) is 0 Å². The second kappa shape index (κ2) is 8.96. The summed E-state index contributed by atoms with van der Waals surface area (Å²) in [6.07, 6.45) is 1.55. The van der Waals surface area contributed by atoms with Crippen LogP contribution in [0.2, 0.25) is 0 Å². The van der Waals surface area contributed by atoms with E-state index in [1.165, 1.54) is 5.56 Å². The fourth-order valence-electron chi connectivity index (χ4n) is 2.89. The van der Waals surface area contributed by atoms with Gasteiger partial charge in [-0.1, -0.05) is 37.3 Å². The van der Waals surface area contributed by atoms with E-state index in [1.807, 2.05) is 11.0 Å². The average molecular weight is 334 g/mol. The smallest absolute Gasteiger partial charge is 0.232 e. The van der Waals surface area contributed by atoms with E-state index in [4.69, 9.17) is 0 Å². The summed E-state index contributed by atoms with van der Waals surface area (Å²) >= 11 is 1.70. The molecule has 1 aliphatic heterocycles. The normalized spacial score (nSPS) is 16.9. The topological polar surface area (TPSA) is 49.4 Å². The minimum Gasteiger partial charge on any atom is -0.359 e. The van der Waals surface area contributed by atoms with Crippen molar-refractivity contribution >= 4 is 23.6 Å². The summed E-state index contributed by atoms with van der Waals surface area (Å²) in [4.78, 5) is 25.8. The number of thioether (sulfide) groups is 1. The Balaban J connectivity index is 1.69. The number of piperidine rings is 1. The Kier molecular flexibility index (Phi) is 6.96. The number of carbonyl (C=O) groups excluding carboxylic acids is 2. The lowest BCUT2D eigenvalue weighted by atomic mass is 9.96. The van der Waals surface area contributed by atoms with Gasteiger partial charge in [-0.2, -0.15) is 11.8 Å². The molecular formula is C18H26N2O2S. The van der Waals surface area contributed by atoms with Gasteiger partial charge in [-0.15, -0.1) is 0 Å². The second-order valence-corrected chi connectivity index (χ2v) is 7.13. The standard InChI is InChI=1S/C18H26N2O2S/c1-14(15-6-4-3-5-7-15)12-23-13-17(21)20-10-8-16(9-11-20)18(22)19-2/h3-7,14,16H,8-13H2,1-2H3,(H,19,22)/t14-/m1/s1. The summed E-state index contributed by atoms with van der Waals surface area (Å²) in [6.45, 7) is 3.60. The first kappa shape index (κ1) is 17.9. The van der Waals surface area contributed by atoms with Crippen molar-refractivity contribution in [2.24, 2.45) is 5.92 Å². The van der Waals surface area contributed by atoms with E-state index >= 15 is 0 Å². The predicted molar refractivity (Wildman–Crippen MR) is 95.6 cm³/mol. The van der Waals surface area contributed by atoms with Crippen molar-refractivity contribution < 1.29 is 9.59 Å². The molecule has 1 aliphatic rings. The van der Waals surface area contributed by atoms with Crippen molar-refractivity contribution in [3.8, 4) is 0 Å². The van der Waals surface area contributed by atoms with Crippen molar-refractivity contribution in [3.05, 3.63) is 35.9 Å². The summed E-state index contributed by atoms with van der Waals surface area (Å²) in [5.74, 6) is 2.29. The monoisotopic (exact) mass is 334 g/mol. The van der Waals surface area contributed by atoms with E-state index in [0.29, 0.717) is 24.8 Å². The lowest BCUT2D eigenvalue weighted by molar-refractivity contribution is -0.133. The third-order valence-corrected chi connectivity index (χ3v) is 5.61.